The van der Waals surface area contributed by atoms with Gasteiger partial charge in [-0.05, 0) is 23.8 Å². The van der Waals surface area contributed by atoms with Crippen molar-refractivity contribution < 1.29 is 41.0 Å². The lowest BCUT2D eigenvalue weighted by molar-refractivity contribution is -0.143. The highest BCUT2D eigenvalue weighted by Crippen LogP contribution is 2.59. The predicted octanol–water partition coefficient (Wildman–Crippen LogP) is 3.58. The van der Waals surface area contributed by atoms with Crippen molar-refractivity contribution in [1.29, 1.82) is 0 Å². The molecule has 12 heteroatoms. The second kappa shape index (κ2) is 7.32. The van der Waals surface area contributed by atoms with E-state index in [1.54, 1.807) is 0 Å². The summed E-state index contributed by atoms with van der Waals surface area (Å²) >= 11 is 6.30. The number of amides is 1. The van der Waals surface area contributed by atoms with Crippen molar-refractivity contribution in [3.63, 3.8) is 0 Å². The SMILES string of the molecule is NC(=O)C1C2OC(C1c1cccc(C(F)(F)F)c1)C(O)(c1ncccc1C(F)(F)F)C2Cl. The van der Waals surface area contributed by atoms with E-state index < -0.39 is 70.1 Å². The third-order valence-electron chi connectivity index (χ3n) is 5.93. The molecule has 4 rings (SSSR count). The third-order valence-corrected chi connectivity index (χ3v) is 6.51. The average molecular weight is 481 g/mol. The Morgan fingerprint density at radius 2 is 1.81 bits per heavy atom. The van der Waals surface area contributed by atoms with E-state index in [0.717, 1.165) is 30.5 Å². The predicted molar refractivity (Wildman–Crippen MR) is 98.3 cm³/mol. The van der Waals surface area contributed by atoms with Gasteiger partial charge in [-0.3, -0.25) is 9.78 Å². The summed E-state index contributed by atoms with van der Waals surface area (Å²) in [6.45, 7) is 0. The number of primary amides is 1. The molecule has 32 heavy (non-hydrogen) atoms. The zero-order valence-corrected chi connectivity index (χ0v) is 16.6. The number of carbonyl (C=O) groups excluding carboxylic acids is 1. The molecule has 0 spiro atoms. The molecule has 5 nitrogen and oxygen atoms in total. The van der Waals surface area contributed by atoms with Gasteiger partial charge in [0.05, 0.1) is 34.2 Å². The molecule has 2 bridgehead atoms. The first-order valence-corrected chi connectivity index (χ1v) is 9.72. The number of pyridine rings is 1. The quantitative estimate of drug-likeness (QED) is 0.519. The lowest BCUT2D eigenvalue weighted by Gasteiger charge is -2.41. The highest BCUT2D eigenvalue weighted by atomic mass is 35.5. The first-order chi connectivity index (χ1) is 14.8. The number of nitrogens with two attached hydrogens (primary N) is 1. The normalized spacial score (nSPS) is 32.3. The van der Waals surface area contributed by atoms with Crippen molar-refractivity contribution >= 4 is 17.5 Å². The Bertz CT molecular complexity index is 1060. The summed E-state index contributed by atoms with van der Waals surface area (Å²) in [6, 6.07) is 5.60. The molecule has 3 heterocycles. The van der Waals surface area contributed by atoms with Crippen molar-refractivity contribution in [2.24, 2.45) is 11.7 Å². The fourth-order valence-corrected chi connectivity index (χ4v) is 5.07. The molecule has 1 amide bonds. The molecule has 2 fully saturated rings. The number of ether oxygens (including phenoxy) is 1. The highest BCUT2D eigenvalue weighted by Gasteiger charge is 2.70. The van der Waals surface area contributed by atoms with Gasteiger partial charge in [-0.1, -0.05) is 18.2 Å². The van der Waals surface area contributed by atoms with Crippen LogP contribution in [-0.4, -0.2) is 33.6 Å². The van der Waals surface area contributed by atoms with Crippen LogP contribution in [0.4, 0.5) is 26.3 Å². The summed E-state index contributed by atoms with van der Waals surface area (Å²) in [5, 5.41) is 9.87. The monoisotopic (exact) mass is 480 g/mol. The minimum Gasteiger partial charge on any atom is -0.379 e. The Labute approximate surface area is 182 Å². The number of halogens is 7. The topological polar surface area (TPSA) is 85.4 Å². The van der Waals surface area contributed by atoms with Crippen LogP contribution in [0.3, 0.4) is 0 Å². The van der Waals surface area contributed by atoms with E-state index in [1.807, 2.05) is 0 Å². The first-order valence-electron chi connectivity index (χ1n) is 9.29. The Morgan fingerprint density at radius 3 is 2.41 bits per heavy atom. The van der Waals surface area contributed by atoms with Crippen LogP contribution >= 0.6 is 11.6 Å². The molecule has 1 aromatic carbocycles. The van der Waals surface area contributed by atoms with Gasteiger partial charge in [0.1, 0.15) is 6.10 Å². The van der Waals surface area contributed by atoms with Gasteiger partial charge in [0, 0.05) is 12.1 Å². The Kier molecular flexibility index (Phi) is 5.22. The van der Waals surface area contributed by atoms with E-state index in [9.17, 15) is 36.2 Å². The summed E-state index contributed by atoms with van der Waals surface area (Å²) in [6.07, 6.45) is -11.6. The van der Waals surface area contributed by atoms with Crippen LogP contribution in [0.15, 0.2) is 42.6 Å². The number of fused-ring (bicyclic) bond motifs is 2. The summed E-state index contributed by atoms with van der Waals surface area (Å²) in [5.74, 6) is -3.53. The van der Waals surface area contributed by atoms with Crippen LogP contribution in [0.1, 0.15) is 28.3 Å². The first kappa shape index (κ1) is 22.8. The number of hydrogen-bond donors (Lipinski definition) is 2. The minimum absolute atomic E-state index is 0.0809. The number of alkyl halides is 7. The maximum Gasteiger partial charge on any atom is 0.418 e. The maximum atomic E-state index is 13.6. The van der Waals surface area contributed by atoms with Crippen LogP contribution in [0.2, 0.25) is 0 Å². The molecular formula is C20H15ClF6N2O3. The lowest BCUT2D eigenvalue weighted by Crippen LogP contribution is -2.55. The van der Waals surface area contributed by atoms with Crippen molar-refractivity contribution in [1.82, 2.24) is 4.98 Å². The Balaban J connectivity index is 1.88. The minimum atomic E-state index is -4.91. The molecule has 0 aliphatic carbocycles. The van der Waals surface area contributed by atoms with Gasteiger partial charge in [-0.2, -0.15) is 26.3 Å². The van der Waals surface area contributed by atoms with Gasteiger partial charge < -0.3 is 15.6 Å². The highest BCUT2D eigenvalue weighted by molar-refractivity contribution is 6.22. The molecule has 0 saturated carbocycles. The van der Waals surface area contributed by atoms with Gasteiger partial charge in [0.15, 0.2) is 5.60 Å². The van der Waals surface area contributed by atoms with E-state index in [4.69, 9.17) is 22.1 Å². The third kappa shape index (κ3) is 3.34. The van der Waals surface area contributed by atoms with Crippen LogP contribution < -0.4 is 5.73 Å². The molecule has 172 valence electrons. The van der Waals surface area contributed by atoms with Gasteiger partial charge in [0.2, 0.25) is 5.91 Å². The zero-order chi connectivity index (χ0) is 23.6. The van der Waals surface area contributed by atoms with Crippen LogP contribution in [0, 0.1) is 5.92 Å². The maximum absolute atomic E-state index is 13.6. The Hall–Kier alpha value is -2.37. The van der Waals surface area contributed by atoms with Crippen molar-refractivity contribution in [2.45, 2.75) is 41.5 Å². The average Bonchev–Trinajstić information content (AvgIpc) is 3.23. The smallest absolute Gasteiger partial charge is 0.379 e. The van der Waals surface area contributed by atoms with E-state index in [2.05, 4.69) is 4.98 Å². The standard InChI is InChI=1S/C20H15ClF6N2O3/c21-14-13-12(17(28)30)11(8-3-1-4-9(7-8)19(22,23)24)16(32-13)18(14,31)15-10(20(25,26)27)5-2-6-29-15/h1-7,11-14,16,31H,(H2,28,30). The fraction of sp³-hybridized carbons (Fsp3) is 0.400. The van der Waals surface area contributed by atoms with E-state index >= 15 is 0 Å². The lowest BCUT2D eigenvalue weighted by atomic mass is 9.66. The van der Waals surface area contributed by atoms with Gasteiger partial charge in [-0.15, -0.1) is 11.6 Å². The summed E-state index contributed by atoms with van der Waals surface area (Å²) in [7, 11) is 0. The van der Waals surface area contributed by atoms with Crippen LogP contribution in [-0.2, 0) is 27.5 Å². The van der Waals surface area contributed by atoms with Crippen LogP contribution in [0.5, 0.6) is 0 Å². The van der Waals surface area contributed by atoms with E-state index in [-0.39, 0.29) is 5.56 Å². The number of aromatic nitrogens is 1. The number of benzene rings is 1. The van der Waals surface area contributed by atoms with Gasteiger partial charge in [0.25, 0.3) is 0 Å². The number of hydrogen-bond acceptors (Lipinski definition) is 4. The van der Waals surface area contributed by atoms with Crippen molar-refractivity contribution in [3.05, 3.63) is 65.0 Å². The fourth-order valence-electron chi connectivity index (χ4n) is 4.63. The molecular weight excluding hydrogens is 466 g/mol. The largest absolute Gasteiger partial charge is 0.418 e. The van der Waals surface area contributed by atoms with Crippen molar-refractivity contribution in [2.75, 3.05) is 0 Å². The molecule has 1 aromatic heterocycles. The molecule has 6 atom stereocenters. The molecule has 2 saturated heterocycles. The van der Waals surface area contributed by atoms with Crippen molar-refractivity contribution in [3.8, 4) is 0 Å². The van der Waals surface area contributed by atoms with Crippen LogP contribution in [0.25, 0.3) is 0 Å². The number of nitrogens with zero attached hydrogens (tertiary/aromatic N) is 1. The summed E-state index contributed by atoms with van der Waals surface area (Å²) < 4.78 is 86.2. The number of rotatable bonds is 3. The molecule has 3 N–H and O–H groups in total. The van der Waals surface area contributed by atoms with E-state index in [1.165, 1.54) is 6.07 Å². The number of aliphatic hydroxyl groups is 1. The number of carbonyl (C=O) groups is 1. The van der Waals surface area contributed by atoms with Gasteiger partial charge in [-0.25, -0.2) is 0 Å². The second-order valence-corrected chi connectivity index (χ2v) is 8.19. The molecule has 2 aliphatic rings. The molecule has 2 aliphatic heterocycles. The van der Waals surface area contributed by atoms with Gasteiger partial charge >= 0.3 is 12.4 Å². The molecule has 6 unspecified atom stereocenters. The zero-order valence-electron chi connectivity index (χ0n) is 15.9. The molecule has 0 radical (unpaired) electrons. The Morgan fingerprint density at radius 1 is 1.12 bits per heavy atom. The summed E-state index contributed by atoms with van der Waals surface area (Å²) in [5.41, 5.74) is -0.336. The van der Waals surface area contributed by atoms with E-state index in [0.29, 0.717) is 6.07 Å². The second-order valence-electron chi connectivity index (χ2n) is 7.72. The summed E-state index contributed by atoms with van der Waals surface area (Å²) in [4.78, 5) is 15.9. The molecule has 2 aromatic rings.